The lowest BCUT2D eigenvalue weighted by Crippen LogP contribution is -2.37. The molecule has 3 aromatic carbocycles. The van der Waals surface area contributed by atoms with E-state index in [1.165, 1.54) is 0 Å². The van der Waals surface area contributed by atoms with E-state index in [4.69, 9.17) is 34.8 Å². The quantitative estimate of drug-likeness (QED) is 0.456. The zero-order valence-electron chi connectivity index (χ0n) is 15.3. The van der Waals surface area contributed by atoms with Crippen LogP contribution in [0.1, 0.15) is 34.3 Å². The van der Waals surface area contributed by atoms with Gasteiger partial charge in [-0.1, -0.05) is 65.1 Å². The van der Waals surface area contributed by atoms with E-state index in [0.717, 1.165) is 17.5 Å². The van der Waals surface area contributed by atoms with E-state index in [1.807, 2.05) is 55.5 Å². The van der Waals surface area contributed by atoms with Crippen molar-refractivity contribution in [2.45, 2.75) is 25.3 Å². The Morgan fingerprint density at radius 2 is 1.46 bits per heavy atom. The molecular weight excluding hydrogens is 413 g/mol. The molecule has 0 aliphatic rings. The van der Waals surface area contributed by atoms with Crippen LogP contribution in [0.2, 0.25) is 15.1 Å². The molecule has 0 aliphatic carbocycles. The third-order valence-electron chi connectivity index (χ3n) is 4.72. The molecule has 0 fully saturated rings. The molecule has 0 spiro atoms. The first-order valence-corrected chi connectivity index (χ1v) is 10.1. The fourth-order valence-corrected chi connectivity index (χ4v) is 3.63. The maximum absolute atomic E-state index is 12.7. The third-order valence-corrected chi connectivity index (χ3v) is 5.46. The number of benzene rings is 3. The lowest BCUT2D eigenvalue weighted by Gasteiger charge is -2.26. The van der Waals surface area contributed by atoms with E-state index in [0.29, 0.717) is 20.6 Å². The Kier molecular flexibility index (Phi) is 7.01. The molecule has 0 heterocycles. The number of carbonyl (C=O) groups excluding carboxylic acids is 1. The van der Waals surface area contributed by atoms with Crippen LogP contribution in [-0.4, -0.2) is 11.9 Å². The Bertz CT molecular complexity index is 939. The van der Waals surface area contributed by atoms with Crippen LogP contribution in [0.5, 0.6) is 0 Å². The van der Waals surface area contributed by atoms with Gasteiger partial charge in [0.15, 0.2) is 0 Å². The van der Waals surface area contributed by atoms with Crippen LogP contribution in [0.15, 0.2) is 72.8 Å². The lowest BCUT2D eigenvalue weighted by atomic mass is 9.86. The van der Waals surface area contributed by atoms with Crippen LogP contribution in [-0.2, 0) is 6.42 Å². The molecule has 5 heteroatoms. The van der Waals surface area contributed by atoms with Gasteiger partial charge in [0, 0.05) is 32.6 Å². The Morgan fingerprint density at radius 1 is 0.857 bits per heavy atom. The summed E-state index contributed by atoms with van der Waals surface area (Å²) in [7, 11) is 0. The standard InChI is InChI=1S/C23H20Cl3NO/c1-15(27-23(28)18-3-2-4-21(26)14-18)22(17-7-11-20(25)12-8-17)13-16-5-9-19(24)10-6-16/h2-12,14-15,22H,13H2,1H3,(H,27,28). The lowest BCUT2D eigenvalue weighted by molar-refractivity contribution is 0.0934. The summed E-state index contributed by atoms with van der Waals surface area (Å²) < 4.78 is 0. The third kappa shape index (κ3) is 5.51. The van der Waals surface area contributed by atoms with Gasteiger partial charge in [-0.25, -0.2) is 0 Å². The molecule has 2 nitrogen and oxygen atoms in total. The van der Waals surface area contributed by atoms with Gasteiger partial charge in [0.1, 0.15) is 0 Å². The van der Waals surface area contributed by atoms with Crippen LogP contribution < -0.4 is 5.32 Å². The van der Waals surface area contributed by atoms with Crippen molar-refractivity contribution in [3.05, 3.63) is 105 Å². The van der Waals surface area contributed by atoms with E-state index >= 15 is 0 Å². The Morgan fingerprint density at radius 3 is 2.07 bits per heavy atom. The minimum absolute atomic E-state index is 0.0709. The zero-order chi connectivity index (χ0) is 20.1. The van der Waals surface area contributed by atoms with Crippen LogP contribution >= 0.6 is 34.8 Å². The number of nitrogens with one attached hydrogen (secondary N) is 1. The molecule has 2 unspecified atom stereocenters. The average Bonchev–Trinajstić information content (AvgIpc) is 2.68. The molecule has 1 amide bonds. The summed E-state index contributed by atoms with van der Waals surface area (Å²) >= 11 is 18.1. The van der Waals surface area contributed by atoms with Gasteiger partial charge < -0.3 is 5.32 Å². The maximum atomic E-state index is 12.7. The molecule has 3 rings (SSSR count). The van der Waals surface area contributed by atoms with Crippen LogP contribution in [0, 0.1) is 0 Å². The first kappa shape index (κ1) is 20.7. The Hall–Kier alpha value is -2.00. The molecule has 144 valence electrons. The smallest absolute Gasteiger partial charge is 0.251 e. The van der Waals surface area contributed by atoms with Gasteiger partial charge in [-0.2, -0.15) is 0 Å². The Labute approximate surface area is 180 Å². The number of amides is 1. The summed E-state index contributed by atoms with van der Waals surface area (Å²) in [6.45, 7) is 2.01. The summed E-state index contributed by atoms with van der Waals surface area (Å²) in [5, 5.41) is 5.04. The van der Waals surface area contributed by atoms with Crippen molar-refractivity contribution in [2.24, 2.45) is 0 Å². The highest BCUT2D eigenvalue weighted by atomic mass is 35.5. The van der Waals surface area contributed by atoms with Gasteiger partial charge in [-0.05, 0) is 66.9 Å². The molecule has 0 bridgehead atoms. The molecule has 0 radical (unpaired) electrons. The summed E-state index contributed by atoms with van der Waals surface area (Å²) in [5.41, 5.74) is 2.80. The largest absolute Gasteiger partial charge is 0.349 e. The molecule has 3 aromatic rings. The number of carbonyl (C=O) groups is 1. The molecule has 1 N–H and O–H groups in total. The number of rotatable bonds is 6. The first-order chi connectivity index (χ1) is 13.4. The van der Waals surface area contributed by atoms with Gasteiger partial charge >= 0.3 is 0 Å². The molecule has 0 aromatic heterocycles. The fourth-order valence-electron chi connectivity index (χ4n) is 3.19. The van der Waals surface area contributed by atoms with E-state index < -0.39 is 0 Å². The average molecular weight is 433 g/mol. The van der Waals surface area contributed by atoms with Gasteiger partial charge in [-0.3, -0.25) is 4.79 Å². The van der Waals surface area contributed by atoms with E-state index in [-0.39, 0.29) is 17.9 Å². The maximum Gasteiger partial charge on any atom is 0.251 e. The predicted octanol–water partition coefficient (Wildman–Crippen LogP) is 6.79. The van der Waals surface area contributed by atoms with Crippen molar-refractivity contribution in [3.8, 4) is 0 Å². The normalized spacial score (nSPS) is 13.0. The summed E-state index contributed by atoms with van der Waals surface area (Å²) in [6.07, 6.45) is 0.760. The molecule has 0 saturated heterocycles. The topological polar surface area (TPSA) is 29.1 Å². The van der Waals surface area contributed by atoms with Gasteiger partial charge in [0.25, 0.3) is 5.91 Å². The molecule has 2 atom stereocenters. The van der Waals surface area contributed by atoms with Gasteiger partial charge in [0.05, 0.1) is 0 Å². The highest BCUT2D eigenvalue weighted by Crippen LogP contribution is 2.27. The van der Waals surface area contributed by atoms with Crippen molar-refractivity contribution in [1.82, 2.24) is 5.32 Å². The Balaban J connectivity index is 1.83. The number of hydrogen-bond acceptors (Lipinski definition) is 1. The second-order valence-corrected chi connectivity index (χ2v) is 8.07. The number of halogens is 3. The van der Waals surface area contributed by atoms with Crippen molar-refractivity contribution >= 4 is 40.7 Å². The predicted molar refractivity (Wildman–Crippen MR) is 118 cm³/mol. The van der Waals surface area contributed by atoms with Gasteiger partial charge in [0.2, 0.25) is 0 Å². The SMILES string of the molecule is CC(NC(=O)c1cccc(Cl)c1)C(Cc1ccc(Cl)cc1)c1ccc(Cl)cc1. The zero-order valence-corrected chi connectivity index (χ0v) is 17.6. The minimum atomic E-state index is -0.148. The van der Waals surface area contributed by atoms with Crippen LogP contribution in [0.25, 0.3) is 0 Å². The van der Waals surface area contributed by atoms with E-state index in [9.17, 15) is 4.79 Å². The summed E-state index contributed by atoms with van der Waals surface area (Å²) in [4.78, 5) is 12.7. The van der Waals surface area contributed by atoms with E-state index in [2.05, 4.69) is 5.32 Å². The van der Waals surface area contributed by atoms with Crippen molar-refractivity contribution in [3.63, 3.8) is 0 Å². The second kappa shape index (κ2) is 9.47. The molecule has 28 heavy (non-hydrogen) atoms. The minimum Gasteiger partial charge on any atom is -0.349 e. The number of hydrogen-bond donors (Lipinski definition) is 1. The monoisotopic (exact) mass is 431 g/mol. The van der Waals surface area contributed by atoms with Crippen molar-refractivity contribution < 1.29 is 4.79 Å². The summed E-state index contributed by atoms with van der Waals surface area (Å²) in [5.74, 6) is -0.0772. The molecular formula is C23H20Cl3NO. The van der Waals surface area contributed by atoms with Crippen LogP contribution in [0.4, 0.5) is 0 Å². The van der Waals surface area contributed by atoms with E-state index in [1.54, 1.807) is 24.3 Å². The fraction of sp³-hybridized carbons (Fsp3) is 0.174. The molecule has 0 aliphatic heterocycles. The van der Waals surface area contributed by atoms with Crippen molar-refractivity contribution in [1.29, 1.82) is 0 Å². The highest BCUT2D eigenvalue weighted by molar-refractivity contribution is 6.31. The first-order valence-electron chi connectivity index (χ1n) is 8.99. The van der Waals surface area contributed by atoms with Gasteiger partial charge in [-0.15, -0.1) is 0 Å². The molecule has 0 saturated carbocycles. The van der Waals surface area contributed by atoms with Crippen molar-refractivity contribution in [2.75, 3.05) is 0 Å². The second-order valence-electron chi connectivity index (χ2n) is 6.76. The van der Waals surface area contributed by atoms with Crippen LogP contribution in [0.3, 0.4) is 0 Å². The summed E-state index contributed by atoms with van der Waals surface area (Å²) in [6, 6.07) is 22.4. The highest BCUT2D eigenvalue weighted by Gasteiger charge is 2.22.